The van der Waals surface area contributed by atoms with E-state index in [9.17, 15) is 30.3 Å². The average molecular weight is 995 g/mol. The smallest absolute Gasteiger partial charge is 0.220 e. The summed E-state index contributed by atoms with van der Waals surface area (Å²) in [6, 6.07) is -0.843. The number of nitrogens with one attached hydrogen (secondary N) is 1. The molecule has 9 heteroatoms. The summed E-state index contributed by atoms with van der Waals surface area (Å²) in [5.41, 5.74) is 0. The van der Waals surface area contributed by atoms with Crippen molar-refractivity contribution in [1.29, 1.82) is 0 Å². The van der Waals surface area contributed by atoms with Crippen molar-refractivity contribution in [3.63, 3.8) is 0 Å². The SMILES string of the molecule is CC/C=C\C/C=C\C/C=C\C/C=C\C/C=C\C/C=C\CCCCCCC(=O)NC(COC1OC(CO)C(O)C(O)C1O)C(O)/C=C/CC/C=C/CCCCCCCCCCCCCCCCCCCCC. The predicted octanol–water partition coefficient (Wildman–Crippen LogP) is 14.4. The molecule has 0 aliphatic carbocycles. The molecular weight excluding hydrogens is 887 g/mol. The van der Waals surface area contributed by atoms with E-state index in [1.807, 2.05) is 6.08 Å². The van der Waals surface area contributed by atoms with E-state index in [2.05, 4.69) is 104 Å². The third-order valence-corrected chi connectivity index (χ3v) is 13.1. The van der Waals surface area contributed by atoms with Crippen LogP contribution in [0, 0.1) is 0 Å². The fourth-order valence-corrected chi connectivity index (χ4v) is 8.59. The van der Waals surface area contributed by atoms with Gasteiger partial charge in [-0.2, -0.15) is 0 Å². The van der Waals surface area contributed by atoms with E-state index in [1.54, 1.807) is 6.08 Å². The molecule has 0 bridgehead atoms. The summed E-state index contributed by atoms with van der Waals surface area (Å²) in [4.78, 5) is 13.0. The molecule has 0 spiro atoms. The van der Waals surface area contributed by atoms with E-state index in [1.165, 1.54) is 122 Å². The van der Waals surface area contributed by atoms with Gasteiger partial charge in [0.1, 0.15) is 24.4 Å². The maximum atomic E-state index is 13.0. The Morgan fingerprint density at radius 2 is 0.887 bits per heavy atom. The monoisotopic (exact) mass is 994 g/mol. The number of carbonyl (C=O) groups excluding carboxylic acids is 1. The summed E-state index contributed by atoms with van der Waals surface area (Å²) in [5, 5.41) is 54.5. The number of amides is 1. The molecule has 9 nitrogen and oxygen atoms in total. The summed E-state index contributed by atoms with van der Waals surface area (Å²) < 4.78 is 11.2. The molecule has 0 aromatic carbocycles. The van der Waals surface area contributed by atoms with E-state index in [4.69, 9.17) is 9.47 Å². The zero-order chi connectivity index (χ0) is 51.5. The lowest BCUT2D eigenvalue weighted by molar-refractivity contribution is -0.302. The molecule has 71 heavy (non-hydrogen) atoms. The van der Waals surface area contributed by atoms with Gasteiger partial charge in [0.2, 0.25) is 5.91 Å². The lowest BCUT2D eigenvalue weighted by Crippen LogP contribution is -2.60. The third-order valence-electron chi connectivity index (χ3n) is 13.1. The number of hydrogen-bond acceptors (Lipinski definition) is 8. The second kappa shape index (κ2) is 50.6. The maximum Gasteiger partial charge on any atom is 0.220 e. The quantitative estimate of drug-likeness (QED) is 0.0261. The van der Waals surface area contributed by atoms with Gasteiger partial charge in [-0.1, -0.05) is 239 Å². The van der Waals surface area contributed by atoms with Gasteiger partial charge in [-0.25, -0.2) is 0 Å². The van der Waals surface area contributed by atoms with Gasteiger partial charge in [-0.3, -0.25) is 4.79 Å². The standard InChI is InChI=1S/C62H107NO8/c1-3-5-7-9-11-13-15-17-19-21-23-25-27-28-30-31-33-35-37-39-41-43-45-47-49-51-56(65)55(54-70-62-61(69)60(68)59(67)57(53-64)71-62)63-58(66)52-50-48-46-44-42-40-38-36-34-32-29-26-24-22-20-18-16-14-12-10-8-6-4-2/h6,8,12,14,18,20,24,26,32,34,38,40-41,43,49,51,55-57,59-62,64-65,67-69H,3-5,7,9-11,13,15-17,19,21-23,25,27-31,33,35-37,39,42,44-48,50,52-54H2,1-2H3,(H,63,66)/b8-6-,14-12-,20-18-,26-24-,34-32-,40-38-,43-41+,51-49+. The van der Waals surface area contributed by atoms with Gasteiger partial charge in [0.25, 0.3) is 0 Å². The lowest BCUT2D eigenvalue weighted by Gasteiger charge is -2.40. The van der Waals surface area contributed by atoms with Crippen molar-refractivity contribution in [2.75, 3.05) is 13.2 Å². The zero-order valence-electron chi connectivity index (χ0n) is 45.2. The Balaban J connectivity index is 2.29. The molecule has 1 rings (SSSR count). The van der Waals surface area contributed by atoms with Crippen molar-refractivity contribution in [1.82, 2.24) is 5.32 Å². The molecule has 7 atom stereocenters. The number of carbonyl (C=O) groups is 1. The number of unbranched alkanes of at least 4 members (excludes halogenated alkanes) is 24. The van der Waals surface area contributed by atoms with Crippen LogP contribution in [0.15, 0.2) is 97.2 Å². The number of hydrogen-bond donors (Lipinski definition) is 6. The molecule has 0 aromatic rings. The Morgan fingerprint density at radius 1 is 0.493 bits per heavy atom. The van der Waals surface area contributed by atoms with Crippen LogP contribution in [0.2, 0.25) is 0 Å². The summed E-state index contributed by atoms with van der Waals surface area (Å²) in [7, 11) is 0. The average Bonchev–Trinajstić information content (AvgIpc) is 3.37. The van der Waals surface area contributed by atoms with Crippen LogP contribution in [-0.4, -0.2) is 87.5 Å². The van der Waals surface area contributed by atoms with Crippen LogP contribution in [0.3, 0.4) is 0 Å². The van der Waals surface area contributed by atoms with Gasteiger partial charge in [0, 0.05) is 6.42 Å². The van der Waals surface area contributed by atoms with E-state index in [0.29, 0.717) is 12.8 Å². The molecule has 408 valence electrons. The normalized spacial score (nSPS) is 20.0. The maximum absolute atomic E-state index is 13.0. The first-order valence-electron chi connectivity index (χ1n) is 29.0. The van der Waals surface area contributed by atoms with Crippen molar-refractivity contribution in [2.45, 2.75) is 275 Å². The molecule has 0 saturated carbocycles. The Labute approximate surface area is 434 Å². The number of allylic oxidation sites excluding steroid dienone is 15. The first kappa shape index (κ1) is 66.1. The van der Waals surface area contributed by atoms with Crippen LogP contribution in [0.5, 0.6) is 0 Å². The molecule has 1 heterocycles. The van der Waals surface area contributed by atoms with Gasteiger partial charge in [-0.05, 0) is 83.5 Å². The Kier molecular flexibility index (Phi) is 47.2. The van der Waals surface area contributed by atoms with E-state index >= 15 is 0 Å². The number of ether oxygens (including phenoxy) is 2. The summed E-state index contributed by atoms with van der Waals surface area (Å²) in [6.07, 6.45) is 66.1. The van der Waals surface area contributed by atoms with Gasteiger partial charge in [0.15, 0.2) is 6.29 Å². The minimum Gasteiger partial charge on any atom is -0.394 e. The van der Waals surface area contributed by atoms with E-state index in [0.717, 1.165) is 83.5 Å². The first-order chi connectivity index (χ1) is 34.8. The Bertz CT molecular complexity index is 1430. The van der Waals surface area contributed by atoms with Crippen LogP contribution in [0.1, 0.15) is 232 Å². The highest BCUT2D eigenvalue weighted by molar-refractivity contribution is 5.76. The number of aliphatic hydroxyl groups excluding tert-OH is 5. The van der Waals surface area contributed by atoms with E-state index in [-0.39, 0.29) is 12.5 Å². The molecule has 6 N–H and O–H groups in total. The molecule has 7 unspecified atom stereocenters. The highest BCUT2D eigenvalue weighted by atomic mass is 16.7. The van der Waals surface area contributed by atoms with Crippen molar-refractivity contribution in [3.8, 4) is 0 Å². The predicted molar refractivity (Wildman–Crippen MR) is 299 cm³/mol. The van der Waals surface area contributed by atoms with Crippen LogP contribution >= 0.6 is 0 Å². The minimum atomic E-state index is -1.58. The highest BCUT2D eigenvalue weighted by Crippen LogP contribution is 2.23. The summed E-state index contributed by atoms with van der Waals surface area (Å²) in [6.45, 7) is 3.64. The van der Waals surface area contributed by atoms with Crippen molar-refractivity contribution < 1.29 is 39.8 Å². The van der Waals surface area contributed by atoms with Gasteiger partial charge in [-0.15, -0.1) is 0 Å². The largest absolute Gasteiger partial charge is 0.394 e. The van der Waals surface area contributed by atoms with Gasteiger partial charge < -0.3 is 40.3 Å². The zero-order valence-corrected chi connectivity index (χ0v) is 45.2. The van der Waals surface area contributed by atoms with E-state index < -0.39 is 49.5 Å². The molecule has 0 radical (unpaired) electrons. The van der Waals surface area contributed by atoms with Crippen molar-refractivity contribution in [3.05, 3.63) is 97.2 Å². The molecular formula is C62H107NO8. The molecule has 0 aromatic heterocycles. The Hall–Kier alpha value is -2.89. The fourth-order valence-electron chi connectivity index (χ4n) is 8.59. The Morgan fingerprint density at radius 3 is 1.35 bits per heavy atom. The second-order valence-corrected chi connectivity index (χ2v) is 19.7. The van der Waals surface area contributed by atoms with Crippen molar-refractivity contribution >= 4 is 5.91 Å². The van der Waals surface area contributed by atoms with Crippen molar-refractivity contribution in [2.24, 2.45) is 0 Å². The first-order valence-corrected chi connectivity index (χ1v) is 29.0. The van der Waals surface area contributed by atoms with Crippen LogP contribution in [0.4, 0.5) is 0 Å². The second-order valence-electron chi connectivity index (χ2n) is 19.7. The van der Waals surface area contributed by atoms with Crippen LogP contribution in [-0.2, 0) is 14.3 Å². The summed E-state index contributed by atoms with van der Waals surface area (Å²) in [5.74, 6) is -0.213. The lowest BCUT2D eigenvalue weighted by atomic mass is 9.99. The third kappa shape index (κ3) is 40.2. The minimum absolute atomic E-state index is 0.213. The van der Waals surface area contributed by atoms with Crippen LogP contribution in [0.25, 0.3) is 0 Å². The molecule has 1 aliphatic rings. The van der Waals surface area contributed by atoms with Gasteiger partial charge >= 0.3 is 0 Å². The number of rotatable bonds is 48. The number of aliphatic hydroxyl groups is 5. The molecule has 1 aliphatic heterocycles. The fraction of sp³-hybridized carbons (Fsp3) is 0.726. The molecule has 1 saturated heterocycles. The van der Waals surface area contributed by atoms with Gasteiger partial charge in [0.05, 0.1) is 25.4 Å². The highest BCUT2D eigenvalue weighted by Gasteiger charge is 2.44. The topological polar surface area (TPSA) is 149 Å². The molecule has 1 amide bonds. The van der Waals surface area contributed by atoms with Crippen LogP contribution < -0.4 is 5.32 Å². The summed E-state index contributed by atoms with van der Waals surface area (Å²) >= 11 is 0. The molecule has 1 fully saturated rings.